The Morgan fingerprint density at radius 3 is 2.76 bits per heavy atom. The predicted octanol–water partition coefficient (Wildman–Crippen LogP) is 2.60. The average Bonchev–Trinajstić information content (AvgIpc) is 3.27. The number of aromatic nitrogens is 5. The van der Waals surface area contributed by atoms with Crippen molar-refractivity contribution in [2.75, 3.05) is 11.1 Å². The van der Waals surface area contributed by atoms with E-state index in [2.05, 4.69) is 20.5 Å². The number of nitrogens with zero attached hydrogens (tertiary/aromatic N) is 5. The van der Waals surface area contributed by atoms with Gasteiger partial charge >= 0.3 is 0 Å². The van der Waals surface area contributed by atoms with E-state index in [1.54, 1.807) is 21.6 Å². The molecule has 9 nitrogen and oxygen atoms in total. The summed E-state index contributed by atoms with van der Waals surface area (Å²) in [5, 5.41) is 11.2. The SMILES string of the molecule is CC(C)Oc1ccc(NC(=O)Cn2cc(-c3ccn4nc(N)nc4c3)cn2)cc1. The Morgan fingerprint density at radius 1 is 1.21 bits per heavy atom. The summed E-state index contributed by atoms with van der Waals surface area (Å²) < 4.78 is 8.79. The lowest BCUT2D eigenvalue weighted by Crippen LogP contribution is -2.18. The molecular weight excluding hydrogens is 370 g/mol. The average molecular weight is 391 g/mol. The lowest BCUT2D eigenvalue weighted by molar-refractivity contribution is -0.116. The molecular formula is C20H21N7O2. The first-order chi connectivity index (χ1) is 14.0. The minimum atomic E-state index is -0.169. The summed E-state index contributed by atoms with van der Waals surface area (Å²) in [6, 6.07) is 11.0. The minimum absolute atomic E-state index is 0.102. The quantitative estimate of drug-likeness (QED) is 0.522. The van der Waals surface area contributed by atoms with Gasteiger partial charge in [0.2, 0.25) is 11.9 Å². The Bertz CT molecular complexity index is 1150. The Morgan fingerprint density at radius 2 is 2.00 bits per heavy atom. The molecule has 1 aromatic carbocycles. The van der Waals surface area contributed by atoms with E-state index < -0.39 is 0 Å². The van der Waals surface area contributed by atoms with Crippen LogP contribution in [0.3, 0.4) is 0 Å². The Kier molecular flexibility index (Phi) is 4.86. The molecule has 3 N–H and O–H groups in total. The summed E-state index contributed by atoms with van der Waals surface area (Å²) in [5.74, 6) is 0.817. The summed E-state index contributed by atoms with van der Waals surface area (Å²) in [6.45, 7) is 4.03. The lowest BCUT2D eigenvalue weighted by Gasteiger charge is -2.10. The zero-order chi connectivity index (χ0) is 20.4. The molecule has 9 heteroatoms. The number of hydrogen-bond donors (Lipinski definition) is 2. The highest BCUT2D eigenvalue weighted by Gasteiger charge is 2.09. The summed E-state index contributed by atoms with van der Waals surface area (Å²) in [7, 11) is 0. The van der Waals surface area contributed by atoms with Crippen LogP contribution in [-0.4, -0.2) is 36.4 Å². The number of anilines is 2. The smallest absolute Gasteiger partial charge is 0.246 e. The number of fused-ring (bicyclic) bond motifs is 1. The van der Waals surface area contributed by atoms with Crippen molar-refractivity contribution < 1.29 is 9.53 Å². The number of nitrogen functional groups attached to an aromatic ring is 1. The summed E-state index contributed by atoms with van der Waals surface area (Å²) in [6.07, 6.45) is 5.40. The summed E-state index contributed by atoms with van der Waals surface area (Å²) in [4.78, 5) is 16.5. The fourth-order valence-corrected chi connectivity index (χ4v) is 2.91. The van der Waals surface area contributed by atoms with Gasteiger partial charge in [-0.25, -0.2) is 4.52 Å². The molecule has 0 radical (unpaired) electrons. The van der Waals surface area contributed by atoms with Gasteiger partial charge in [-0.1, -0.05) is 0 Å². The molecule has 148 valence electrons. The van der Waals surface area contributed by atoms with Crippen molar-refractivity contribution in [2.24, 2.45) is 0 Å². The van der Waals surface area contributed by atoms with Gasteiger partial charge in [0.05, 0.1) is 12.3 Å². The predicted molar refractivity (Wildman–Crippen MR) is 109 cm³/mol. The van der Waals surface area contributed by atoms with Crippen molar-refractivity contribution in [1.82, 2.24) is 24.4 Å². The van der Waals surface area contributed by atoms with E-state index in [1.807, 2.05) is 56.4 Å². The van der Waals surface area contributed by atoms with E-state index in [-0.39, 0.29) is 24.5 Å². The number of amides is 1. The third kappa shape index (κ3) is 4.34. The van der Waals surface area contributed by atoms with Gasteiger partial charge in [0.25, 0.3) is 0 Å². The number of rotatable bonds is 6. The second-order valence-corrected chi connectivity index (χ2v) is 6.85. The maximum Gasteiger partial charge on any atom is 0.246 e. The van der Waals surface area contributed by atoms with E-state index >= 15 is 0 Å². The van der Waals surface area contributed by atoms with Gasteiger partial charge in [-0.3, -0.25) is 9.48 Å². The second-order valence-electron chi connectivity index (χ2n) is 6.85. The molecule has 3 aromatic heterocycles. The molecule has 4 aromatic rings. The first-order valence-corrected chi connectivity index (χ1v) is 9.17. The Labute approximate surface area is 167 Å². The fourth-order valence-electron chi connectivity index (χ4n) is 2.91. The van der Waals surface area contributed by atoms with E-state index in [9.17, 15) is 4.79 Å². The number of benzene rings is 1. The van der Waals surface area contributed by atoms with Gasteiger partial charge in [-0.15, -0.1) is 5.10 Å². The third-order valence-corrected chi connectivity index (χ3v) is 4.14. The molecule has 1 amide bonds. The zero-order valence-electron chi connectivity index (χ0n) is 16.1. The van der Waals surface area contributed by atoms with E-state index in [0.29, 0.717) is 11.3 Å². The first-order valence-electron chi connectivity index (χ1n) is 9.17. The molecule has 0 saturated carbocycles. The van der Waals surface area contributed by atoms with Crippen molar-refractivity contribution in [3.05, 3.63) is 55.0 Å². The van der Waals surface area contributed by atoms with Crippen LogP contribution in [0.5, 0.6) is 5.75 Å². The van der Waals surface area contributed by atoms with Crippen LogP contribution < -0.4 is 15.8 Å². The monoisotopic (exact) mass is 391 g/mol. The molecule has 0 aliphatic carbocycles. The van der Waals surface area contributed by atoms with Crippen molar-refractivity contribution in [3.8, 4) is 16.9 Å². The van der Waals surface area contributed by atoms with Gasteiger partial charge in [0.1, 0.15) is 12.3 Å². The maximum atomic E-state index is 12.3. The van der Waals surface area contributed by atoms with Crippen LogP contribution in [0.4, 0.5) is 11.6 Å². The number of carbonyl (C=O) groups excluding carboxylic acids is 1. The highest BCUT2D eigenvalue weighted by atomic mass is 16.5. The Balaban J connectivity index is 1.40. The highest BCUT2D eigenvalue weighted by Crippen LogP contribution is 2.20. The zero-order valence-corrected chi connectivity index (χ0v) is 16.1. The molecule has 0 atom stereocenters. The summed E-state index contributed by atoms with van der Waals surface area (Å²) >= 11 is 0. The maximum absolute atomic E-state index is 12.3. The lowest BCUT2D eigenvalue weighted by atomic mass is 10.1. The largest absolute Gasteiger partial charge is 0.491 e. The van der Waals surface area contributed by atoms with E-state index in [0.717, 1.165) is 16.9 Å². The van der Waals surface area contributed by atoms with Crippen LogP contribution in [0.15, 0.2) is 55.0 Å². The molecule has 0 bridgehead atoms. The van der Waals surface area contributed by atoms with Gasteiger partial charge in [-0.05, 0) is 55.8 Å². The molecule has 0 unspecified atom stereocenters. The Hall–Kier alpha value is -3.88. The molecule has 3 heterocycles. The van der Waals surface area contributed by atoms with Crippen molar-refractivity contribution in [1.29, 1.82) is 0 Å². The van der Waals surface area contributed by atoms with Gasteiger partial charge < -0.3 is 15.8 Å². The van der Waals surface area contributed by atoms with Crippen LogP contribution >= 0.6 is 0 Å². The standard InChI is InChI=1S/C20H21N7O2/c1-13(2)29-17-5-3-16(4-6-17)23-19(28)12-26-11-15(10-22-26)14-7-8-27-18(9-14)24-20(21)25-27/h3-11,13H,12H2,1-2H3,(H2,21,25)(H,23,28). The van der Waals surface area contributed by atoms with Gasteiger partial charge in [0, 0.05) is 23.6 Å². The van der Waals surface area contributed by atoms with Crippen LogP contribution in [0.25, 0.3) is 16.8 Å². The van der Waals surface area contributed by atoms with E-state index in [1.165, 1.54) is 0 Å². The second kappa shape index (κ2) is 7.63. The third-order valence-electron chi connectivity index (χ3n) is 4.14. The number of hydrogen-bond acceptors (Lipinski definition) is 6. The first kappa shape index (κ1) is 18.5. The molecule has 29 heavy (non-hydrogen) atoms. The number of carbonyl (C=O) groups is 1. The number of ether oxygens (including phenoxy) is 1. The normalized spacial score (nSPS) is 11.1. The van der Waals surface area contributed by atoms with E-state index in [4.69, 9.17) is 10.5 Å². The molecule has 0 spiro atoms. The number of nitrogens with one attached hydrogen (secondary N) is 1. The fraction of sp³-hybridized carbons (Fsp3) is 0.200. The highest BCUT2D eigenvalue weighted by molar-refractivity contribution is 5.90. The van der Waals surface area contributed by atoms with Gasteiger partial charge in [-0.2, -0.15) is 10.1 Å². The molecule has 4 rings (SSSR count). The van der Waals surface area contributed by atoms with Crippen LogP contribution in [0.1, 0.15) is 13.8 Å². The van der Waals surface area contributed by atoms with Crippen LogP contribution in [-0.2, 0) is 11.3 Å². The van der Waals surface area contributed by atoms with Crippen LogP contribution in [0.2, 0.25) is 0 Å². The number of nitrogens with two attached hydrogens (primary N) is 1. The topological polar surface area (TPSA) is 112 Å². The van der Waals surface area contributed by atoms with Gasteiger partial charge in [0.15, 0.2) is 5.65 Å². The summed E-state index contributed by atoms with van der Waals surface area (Å²) in [5.41, 5.74) is 8.76. The molecule has 0 aliphatic rings. The molecule has 0 fully saturated rings. The molecule has 0 saturated heterocycles. The minimum Gasteiger partial charge on any atom is -0.491 e. The van der Waals surface area contributed by atoms with Crippen molar-refractivity contribution in [3.63, 3.8) is 0 Å². The molecule has 0 aliphatic heterocycles. The van der Waals surface area contributed by atoms with Crippen molar-refractivity contribution >= 4 is 23.2 Å². The van der Waals surface area contributed by atoms with Crippen molar-refractivity contribution in [2.45, 2.75) is 26.5 Å². The number of pyridine rings is 1. The van der Waals surface area contributed by atoms with Crippen LogP contribution in [0, 0.1) is 0 Å².